The highest BCUT2D eigenvalue weighted by molar-refractivity contribution is 7.90. The van der Waals surface area contributed by atoms with Crippen molar-refractivity contribution >= 4 is 38.2 Å². The number of anilines is 2. The molecule has 0 bridgehead atoms. The molecule has 0 fully saturated rings. The van der Waals surface area contributed by atoms with Crippen molar-refractivity contribution in [1.82, 2.24) is 4.72 Å². The van der Waals surface area contributed by atoms with Crippen LogP contribution in [0.2, 0.25) is 0 Å². The van der Waals surface area contributed by atoms with Gasteiger partial charge in [0.05, 0.1) is 4.90 Å². The average Bonchev–Trinajstić information content (AvgIpc) is 3.41. The minimum atomic E-state index is -4.06. The van der Waals surface area contributed by atoms with Crippen molar-refractivity contribution in [2.24, 2.45) is 0 Å². The van der Waals surface area contributed by atoms with Gasteiger partial charge in [0.2, 0.25) is 0 Å². The molecule has 2 N–H and O–H groups in total. The van der Waals surface area contributed by atoms with E-state index in [1.54, 1.807) is 12.1 Å². The van der Waals surface area contributed by atoms with Gasteiger partial charge in [-0.3, -0.25) is 0 Å². The van der Waals surface area contributed by atoms with Crippen LogP contribution in [0.3, 0.4) is 0 Å². The fourth-order valence-electron chi connectivity index (χ4n) is 5.17. The quantitative estimate of drug-likeness (QED) is 0.619. The van der Waals surface area contributed by atoms with Crippen LogP contribution < -0.4 is 14.9 Å². The molecule has 0 aliphatic heterocycles. The van der Waals surface area contributed by atoms with Crippen LogP contribution >= 0.6 is 0 Å². The summed E-state index contributed by atoms with van der Waals surface area (Å²) in [5.74, 6) is 0. The number of fused-ring (bicyclic) bond motifs is 3. The summed E-state index contributed by atoms with van der Waals surface area (Å²) in [4.78, 5) is 14.9. The lowest BCUT2D eigenvalue weighted by Gasteiger charge is -2.18. The number of amides is 2. The van der Waals surface area contributed by atoms with Crippen LogP contribution in [0.15, 0.2) is 47.4 Å². The summed E-state index contributed by atoms with van der Waals surface area (Å²) in [7, 11) is -0.227. The maximum absolute atomic E-state index is 13.2. The molecule has 0 aromatic heterocycles. The number of benzene rings is 3. The Kier molecular flexibility index (Phi) is 5.08. The summed E-state index contributed by atoms with van der Waals surface area (Å²) < 4.78 is 28.7. The molecule has 5 rings (SSSR count). The van der Waals surface area contributed by atoms with E-state index in [-0.39, 0.29) is 4.90 Å². The van der Waals surface area contributed by atoms with E-state index in [2.05, 4.69) is 16.1 Å². The molecule has 32 heavy (non-hydrogen) atoms. The van der Waals surface area contributed by atoms with Gasteiger partial charge in [0.1, 0.15) is 0 Å². The van der Waals surface area contributed by atoms with E-state index in [9.17, 15) is 13.2 Å². The first-order chi connectivity index (χ1) is 15.3. The minimum absolute atomic E-state index is 0.0948. The van der Waals surface area contributed by atoms with Gasteiger partial charge < -0.3 is 10.2 Å². The number of nitrogens with one attached hydrogen (secondary N) is 2. The third-order valence-corrected chi connectivity index (χ3v) is 7.96. The van der Waals surface area contributed by atoms with Gasteiger partial charge in [-0.15, -0.1) is 0 Å². The molecule has 3 aromatic rings. The Morgan fingerprint density at radius 1 is 0.875 bits per heavy atom. The predicted octanol–water partition coefficient (Wildman–Crippen LogP) is 4.39. The molecule has 166 valence electrons. The second kappa shape index (κ2) is 7.81. The van der Waals surface area contributed by atoms with E-state index in [1.165, 1.54) is 28.3 Å². The summed E-state index contributed by atoms with van der Waals surface area (Å²) >= 11 is 0. The molecule has 0 saturated heterocycles. The number of hydrogen-bond donors (Lipinski definition) is 2. The van der Waals surface area contributed by atoms with E-state index in [0.717, 1.165) is 55.3 Å². The van der Waals surface area contributed by atoms with E-state index >= 15 is 0 Å². The largest absolute Gasteiger partial charge is 0.377 e. The van der Waals surface area contributed by atoms with E-state index < -0.39 is 16.1 Å². The molecule has 0 unspecified atom stereocenters. The van der Waals surface area contributed by atoms with Crippen LogP contribution in [0.4, 0.5) is 16.2 Å². The van der Waals surface area contributed by atoms with Crippen LogP contribution in [-0.2, 0) is 35.7 Å². The number of carbonyl (C=O) groups is 1. The van der Waals surface area contributed by atoms with Gasteiger partial charge in [-0.1, -0.05) is 30.3 Å². The van der Waals surface area contributed by atoms with E-state index in [0.29, 0.717) is 5.39 Å². The van der Waals surface area contributed by atoms with Gasteiger partial charge >= 0.3 is 6.03 Å². The molecule has 6 nitrogen and oxygen atoms in total. The average molecular weight is 450 g/mol. The number of carbonyl (C=O) groups excluding carboxylic acids is 1. The van der Waals surface area contributed by atoms with Crippen LogP contribution in [0.25, 0.3) is 10.8 Å². The fourth-order valence-corrected chi connectivity index (χ4v) is 6.30. The van der Waals surface area contributed by atoms with Gasteiger partial charge in [-0.25, -0.2) is 17.9 Å². The van der Waals surface area contributed by atoms with Crippen LogP contribution in [0, 0.1) is 0 Å². The lowest BCUT2D eigenvalue weighted by Crippen LogP contribution is -2.35. The van der Waals surface area contributed by atoms with Crippen molar-refractivity contribution in [2.45, 2.75) is 43.4 Å². The molecule has 7 heteroatoms. The maximum Gasteiger partial charge on any atom is 0.333 e. The van der Waals surface area contributed by atoms with Crippen LogP contribution in [0.5, 0.6) is 0 Å². The Morgan fingerprint density at radius 2 is 1.50 bits per heavy atom. The van der Waals surface area contributed by atoms with Gasteiger partial charge in [-0.05, 0) is 72.9 Å². The zero-order chi connectivity index (χ0) is 22.5. The predicted molar refractivity (Wildman–Crippen MR) is 128 cm³/mol. The SMILES string of the molecule is CN(C)c1cccc2c(S(=O)(=O)NC(=O)Nc3c4c(cc5c3CCC5)CCC4)cccc12. The topological polar surface area (TPSA) is 78.5 Å². The molecule has 0 spiro atoms. The lowest BCUT2D eigenvalue weighted by atomic mass is 9.99. The molecule has 0 saturated carbocycles. The van der Waals surface area contributed by atoms with Gasteiger partial charge in [0.25, 0.3) is 10.0 Å². The lowest BCUT2D eigenvalue weighted by molar-refractivity contribution is 0.256. The summed E-state index contributed by atoms with van der Waals surface area (Å²) in [6.45, 7) is 0. The monoisotopic (exact) mass is 449 g/mol. The summed E-state index contributed by atoms with van der Waals surface area (Å²) in [6, 6.07) is 12.2. The molecule has 0 radical (unpaired) electrons. The first-order valence-electron chi connectivity index (χ1n) is 11.0. The Balaban J connectivity index is 1.47. The van der Waals surface area contributed by atoms with Crippen LogP contribution in [0.1, 0.15) is 35.1 Å². The highest BCUT2D eigenvalue weighted by Crippen LogP contribution is 2.38. The second-order valence-corrected chi connectivity index (χ2v) is 10.5. The molecule has 2 aliphatic rings. The zero-order valence-electron chi connectivity index (χ0n) is 18.4. The van der Waals surface area contributed by atoms with Gasteiger partial charge in [0.15, 0.2) is 0 Å². The Labute approximate surface area is 188 Å². The molecular weight excluding hydrogens is 422 g/mol. The Morgan fingerprint density at radius 3 is 2.16 bits per heavy atom. The maximum atomic E-state index is 13.2. The number of hydrogen-bond acceptors (Lipinski definition) is 4. The summed E-state index contributed by atoms with van der Waals surface area (Å²) in [5, 5.41) is 4.31. The standard InChI is InChI=1S/C25H27N3O3S/c1-28(2)22-13-5-12-21-20(22)11-6-14-23(21)32(30,31)27-25(29)26-24-18-9-3-7-16(18)15-17-8-4-10-19(17)24/h5-6,11-15H,3-4,7-10H2,1-2H3,(H2,26,27,29). The molecule has 0 heterocycles. The van der Waals surface area contributed by atoms with Crippen molar-refractivity contribution in [3.05, 3.63) is 64.7 Å². The third-order valence-electron chi connectivity index (χ3n) is 6.57. The molecule has 2 amide bonds. The van der Waals surface area contributed by atoms with Crippen molar-refractivity contribution in [1.29, 1.82) is 0 Å². The number of urea groups is 1. The molecule has 3 aromatic carbocycles. The Hall–Kier alpha value is -3.06. The fraction of sp³-hybridized carbons (Fsp3) is 0.320. The minimum Gasteiger partial charge on any atom is -0.377 e. The van der Waals surface area contributed by atoms with Crippen molar-refractivity contribution in [2.75, 3.05) is 24.3 Å². The van der Waals surface area contributed by atoms with Crippen molar-refractivity contribution in [3.8, 4) is 0 Å². The number of aryl methyl sites for hydroxylation is 2. The smallest absolute Gasteiger partial charge is 0.333 e. The van der Waals surface area contributed by atoms with Gasteiger partial charge in [-0.2, -0.15) is 0 Å². The molecular formula is C25H27N3O3S. The Bertz CT molecular complexity index is 1310. The highest BCUT2D eigenvalue weighted by atomic mass is 32.2. The summed E-state index contributed by atoms with van der Waals surface area (Å²) in [5.41, 5.74) is 6.65. The van der Waals surface area contributed by atoms with Crippen molar-refractivity contribution in [3.63, 3.8) is 0 Å². The van der Waals surface area contributed by atoms with E-state index in [1.807, 2.05) is 37.2 Å². The van der Waals surface area contributed by atoms with Gasteiger partial charge in [0, 0.05) is 36.2 Å². The zero-order valence-corrected chi connectivity index (χ0v) is 19.2. The van der Waals surface area contributed by atoms with E-state index in [4.69, 9.17) is 0 Å². The first-order valence-corrected chi connectivity index (χ1v) is 12.5. The second-order valence-electron chi connectivity index (χ2n) is 8.82. The number of rotatable bonds is 4. The van der Waals surface area contributed by atoms with Crippen molar-refractivity contribution < 1.29 is 13.2 Å². The molecule has 0 atom stereocenters. The molecule has 2 aliphatic carbocycles. The summed E-state index contributed by atoms with van der Waals surface area (Å²) in [6.07, 6.45) is 6.00. The normalized spacial score (nSPS) is 14.8. The third kappa shape index (κ3) is 3.50. The highest BCUT2D eigenvalue weighted by Gasteiger charge is 2.27. The number of nitrogens with zero attached hydrogens (tertiary/aromatic N) is 1. The number of sulfonamides is 1. The van der Waals surface area contributed by atoms with Crippen LogP contribution in [-0.4, -0.2) is 28.5 Å². The first kappa shape index (κ1) is 20.8.